The quantitative estimate of drug-likeness (QED) is 0.616. The van der Waals surface area contributed by atoms with Gasteiger partial charge in [0.05, 0.1) is 6.04 Å². The van der Waals surface area contributed by atoms with Crippen LogP contribution in [0.3, 0.4) is 0 Å². The number of nitrogens with one attached hydrogen (secondary N) is 2. The van der Waals surface area contributed by atoms with Crippen molar-refractivity contribution in [1.29, 1.82) is 0 Å². The molecule has 2 aromatic carbocycles. The minimum Gasteiger partial charge on any atom is -0.372 e. The predicted octanol–water partition coefficient (Wildman–Crippen LogP) is 3.76. The van der Waals surface area contributed by atoms with Crippen LogP contribution in [-0.4, -0.2) is 32.6 Å². The van der Waals surface area contributed by atoms with Crippen LogP contribution in [0.2, 0.25) is 0 Å². The van der Waals surface area contributed by atoms with Gasteiger partial charge >= 0.3 is 0 Å². The summed E-state index contributed by atoms with van der Waals surface area (Å²) in [6, 6.07) is 19.6. The molecule has 1 heterocycles. The minimum atomic E-state index is 0.209. The molecule has 0 aliphatic carbocycles. The fourth-order valence-corrected chi connectivity index (χ4v) is 3.42. The Bertz CT molecular complexity index is 705. The molecule has 0 aromatic heterocycles. The second-order valence-electron chi connectivity index (χ2n) is 6.89. The predicted molar refractivity (Wildman–Crippen MR) is 111 cm³/mol. The van der Waals surface area contributed by atoms with Gasteiger partial charge in [-0.15, -0.1) is 0 Å². The SMILES string of the molecule is CN=C(NCCc1ccccc1)NC(C)c1cccc(N2CCCC2)c1. The lowest BCUT2D eigenvalue weighted by Gasteiger charge is -2.22. The summed E-state index contributed by atoms with van der Waals surface area (Å²) in [4.78, 5) is 6.84. The highest BCUT2D eigenvalue weighted by Crippen LogP contribution is 2.23. The van der Waals surface area contributed by atoms with Crippen molar-refractivity contribution in [1.82, 2.24) is 10.6 Å². The molecular formula is C22H30N4. The van der Waals surface area contributed by atoms with E-state index in [-0.39, 0.29) is 6.04 Å². The summed E-state index contributed by atoms with van der Waals surface area (Å²) in [5.74, 6) is 0.847. The van der Waals surface area contributed by atoms with Gasteiger partial charge in [0, 0.05) is 32.4 Å². The Hall–Kier alpha value is -2.49. The first-order valence-electron chi connectivity index (χ1n) is 9.62. The molecule has 0 saturated carbocycles. The number of benzene rings is 2. The number of guanidine groups is 1. The normalized spacial score (nSPS) is 15.8. The van der Waals surface area contributed by atoms with Gasteiger partial charge in [-0.1, -0.05) is 42.5 Å². The van der Waals surface area contributed by atoms with Gasteiger partial charge in [-0.3, -0.25) is 4.99 Å². The van der Waals surface area contributed by atoms with E-state index < -0.39 is 0 Å². The van der Waals surface area contributed by atoms with Gasteiger partial charge < -0.3 is 15.5 Å². The van der Waals surface area contributed by atoms with Gasteiger partial charge in [0.15, 0.2) is 5.96 Å². The highest BCUT2D eigenvalue weighted by Gasteiger charge is 2.14. The summed E-state index contributed by atoms with van der Waals surface area (Å²) in [6.45, 7) is 5.40. The van der Waals surface area contributed by atoms with E-state index in [1.54, 1.807) is 0 Å². The van der Waals surface area contributed by atoms with Crippen LogP contribution in [0, 0.1) is 0 Å². The molecule has 1 unspecified atom stereocenters. The van der Waals surface area contributed by atoms with Crippen molar-refractivity contribution in [3.05, 3.63) is 65.7 Å². The Morgan fingerprint density at radius 2 is 1.85 bits per heavy atom. The first-order valence-corrected chi connectivity index (χ1v) is 9.62. The highest BCUT2D eigenvalue weighted by atomic mass is 15.2. The van der Waals surface area contributed by atoms with E-state index in [2.05, 4.69) is 82.0 Å². The van der Waals surface area contributed by atoms with Crippen molar-refractivity contribution in [2.45, 2.75) is 32.2 Å². The van der Waals surface area contributed by atoms with Gasteiger partial charge in [0.1, 0.15) is 0 Å². The summed E-state index contributed by atoms with van der Waals surface area (Å²) >= 11 is 0. The number of hydrogen-bond donors (Lipinski definition) is 2. The van der Waals surface area contributed by atoms with Crippen molar-refractivity contribution in [2.24, 2.45) is 4.99 Å². The topological polar surface area (TPSA) is 39.7 Å². The molecule has 0 amide bonds. The van der Waals surface area contributed by atoms with Crippen molar-refractivity contribution < 1.29 is 0 Å². The van der Waals surface area contributed by atoms with Gasteiger partial charge in [0.25, 0.3) is 0 Å². The highest BCUT2D eigenvalue weighted by molar-refractivity contribution is 5.80. The van der Waals surface area contributed by atoms with E-state index in [4.69, 9.17) is 0 Å². The van der Waals surface area contributed by atoms with E-state index in [0.717, 1.165) is 18.9 Å². The van der Waals surface area contributed by atoms with E-state index in [0.29, 0.717) is 0 Å². The van der Waals surface area contributed by atoms with Crippen LogP contribution in [0.15, 0.2) is 59.6 Å². The zero-order chi connectivity index (χ0) is 18.2. The van der Waals surface area contributed by atoms with Crippen LogP contribution in [0.1, 0.15) is 36.9 Å². The first kappa shape index (κ1) is 18.3. The second kappa shape index (κ2) is 9.27. The standard InChI is InChI=1S/C22H30N4/c1-18(20-11-8-12-21(17-20)26-15-6-7-16-26)25-22(23-2)24-14-13-19-9-4-3-5-10-19/h3-5,8-12,17-18H,6-7,13-16H2,1-2H3,(H2,23,24,25). The Balaban J connectivity index is 1.53. The third kappa shape index (κ3) is 5.01. The first-order chi connectivity index (χ1) is 12.8. The van der Waals surface area contributed by atoms with Crippen molar-refractivity contribution in [3.63, 3.8) is 0 Å². The fraction of sp³-hybridized carbons (Fsp3) is 0.409. The van der Waals surface area contributed by atoms with E-state index >= 15 is 0 Å². The number of hydrogen-bond acceptors (Lipinski definition) is 2. The number of rotatable bonds is 6. The molecule has 1 fully saturated rings. The van der Waals surface area contributed by atoms with Crippen molar-refractivity contribution in [2.75, 3.05) is 31.6 Å². The maximum absolute atomic E-state index is 4.37. The Labute approximate surface area is 157 Å². The van der Waals surface area contributed by atoms with Gasteiger partial charge in [-0.05, 0) is 49.4 Å². The third-order valence-corrected chi connectivity index (χ3v) is 4.97. The van der Waals surface area contributed by atoms with Gasteiger partial charge in [0.2, 0.25) is 0 Å². The largest absolute Gasteiger partial charge is 0.372 e. The average molecular weight is 351 g/mol. The summed E-state index contributed by atoms with van der Waals surface area (Å²) in [5, 5.41) is 6.92. The molecule has 3 rings (SSSR count). The molecular weight excluding hydrogens is 320 g/mol. The molecule has 26 heavy (non-hydrogen) atoms. The zero-order valence-corrected chi connectivity index (χ0v) is 15.9. The maximum Gasteiger partial charge on any atom is 0.191 e. The number of aliphatic imine (C=N–C) groups is 1. The monoisotopic (exact) mass is 350 g/mol. The molecule has 2 aromatic rings. The molecule has 0 spiro atoms. The number of nitrogens with zero attached hydrogens (tertiary/aromatic N) is 2. The van der Waals surface area contributed by atoms with Crippen LogP contribution in [0.25, 0.3) is 0 Å². The summed E-state index contributed by atoms with van der Waals surface area (Å²) in [6.07, 6.45) is 3.59. The molecule has 0 radical (unpaired) electrons. The molecule has 1 saturated heterocycles. The lowest BCUT2D eigenvalue weighted by molar-refractivity contribution is 0.684. The smallest absolute Gasteiger partial charge is 0.191 e. The molecule has 1 atom stereocenters. The lowest BCUT2D eigenvalue weighted by Crippen LogP contribution is -2.39. The zero-order valence-electron chi connectivity index (χ0n) is 15.9. The van der Waals surface area contributed by atoms with Crippen molar-refractivity contribution >= 4 is 11.6 Å². The second-order valence-corrected chi connectivity index (χ2v) is 6.89. The van der Waals surface area contributed by atoms with Crippen LogP contribution in [0.5, 0.6) is 0 Å². The van der Waals surface area contributed by atoms with Gasteiger partial charge in [-0.2, -0.15) is 0 Å². The lowest BCUT2D eigenvalue weighted by atomic mass is 10.1. The molecule has 2 N–H and O–H groups in total. The molecule has 4 heteroatoms. The summed E-state index contributed by atoms with van der Waals surface area (Å²) in [7, 11) is 1.82. The minimum absolute atomic E-state index is 0.209. The van der Waals surface area contributed by atoms with Gasteiger partial charge in [-0.25, -0.2) is 0 Å². The van der Waals surface area contributed by atoms with Crippen molar-refractivity contribution in [3.8, 4) is 0 Å². The molecule has 1 aliphatic rings. The summed E-state index contributed by atoms with van der Waals surface area (Å²) in [5.41, 5.74) is 3.96. The Morgan fingerprint density at radius 1 is 1.08 bits per heavy atom. The van der Waals surface area contributed by atoms with Crippen LogP contribution >= 0.6 is 0 Å². The molecule has 0 bridgehead atoms. The average Bonchev–Trinajstić information content (AvgIpc) is 3.23. The Morgan fingerprint density at radius 3 is 2.58 bits per heavy atom. The van der Waals surface area contributed by atoms with E-state index in [9.17, 15) is 0 Å². The van der Waals surface area contributed by atoms with E-state index in [1.165, 1.54) is 42.7 Å². The Kier molecular flexibility index (Phi) is 6.53. The molecule has 4 nitrogen and oxygen atoms in total. The number of anilines is 1. The van der Waals surface area contributed by atoms with Crippen LogP contribution in [-0.2, 0) is 6.42 Å². The van der Waals surface area contributed by atoms with Crippen LogP contribution in [0.4, 0.5) is 5.69 Å². The molecule has 138 valence electrons. The summed E-state index contributed by atoms with van der Waals surface area (Å²) < 4.78 is 0. The van der Waals surface area contributed by atoms with E-state index in [1.807, 2.05) is 7.05 Å². The molecule has 1 aliphatic heterocycles. The fourth-order valence-electron chi connectivity index (χ4n) is 3.42. The maximum atomic E-state index is 4.37. The van der Waals surface area contributed by atoms with Crippen LogP contribution < -0.4 is 15.5 Å². The third-order valence-electron chi connectivity index (χ3n) is 4.97.